The van der Waals surface area contributed by atoms with Gasteiger partial charge in [-0.3, -0.25) is 0 Å². The fraction of sp³-hybridized carbons (Fsp3) is 0.625. The Kier molecular flexibility index (Phi) is 7.84. The molecule has 0 saturated heterocycles. The molecule has 1 aromatic heterocycles. The first kappa shape index (κ1) is 22.2. The van der Waals surface area contributed by atoms with Crippen molar-refractivity contribution in [2.24, 2.45) is 0 Å². The molecule has 158 valence electrons. The highest BCUT2D eigenvalue weighted by Crippen LogP contribution is 2.29. The fourth-order valence-electron chi connectivity index (χ4n) is 2.56. The van der Waals surface area contributed by atoms with Crippen LogP contribution in [-0.4, -0.2) is 59.5 Å². The van der Waals surface area contributed by atoms with Gasteiger partial charge in [0.1, 0.15) is 25.4 Å². The van der Waals surface area contributed by atoms with Gasteiger partial charge in [-0.05, 0) is 30.9 Å². The normalized spacial score (nSPS) is 19.5. The van der Waals surface area contributed by atoms with E-state index in [4.69, 9.17) is 0 Å². The van der Waals surface area contributed by atoms with Crippen LogP contribution in [0.25, 0.3) is 5.57 Å². The number of hydrogen-bond acceptors (Lipinski definition) is 5. The largest absolute Gasteiger partial charge is 0.389 e. The van der Waals surface area contributed by atoms with Crippen LogP contribution in [0, 0.1) is 5.82 Å². The summed E-state index contributed by atoms with van der Waals surface area (Å²) in [7, 11) is 0. The van der Waals surface area contributed by atoms with Gasteiger partial charge in [0, 0.05) is 0 Å². The fourth-order valence-corrected chi connectivity index (χ4v) is 2.56. The molecule has 2 rings (SSSR count). The molecule has 0 bridgehead atoms. The number of nitrogens with zero attached hydrogens (tertiary/aromatic N) is 2. The van der Waals surface area contributed by atoms with E-state index in [1.54, 1.807) is 0 Å². The molecule has 0 fully saturated rings. The van der Waals surface area contributed by atoms with E-state index in [0.29, 0.717) is 24.8 Å². The molecule has 0 aromatic carbocycles. The molecule has 5 nitrogen and oxygen atoms in total. The highest BCUT2D eigenvalue weighted by atomic mass is 19.3. The quantitative estimate of drug-likeness (QED) is 0.537. The number of nitrogens with one attached hydrogen (secondary N) is 2. The second kappa shape index (κ2) is 9.89. The maximum Gasteiger partial charge on any atom is 0.260 e. The predicted molar refractivity (Wildman–Crippen MR) is 88.6 cm³/mol. The van der Waals surface area contributed by atoms with Gasteiger partial charge in [-0.25, -0.2) is 36.3 Å². The minimum Gasteiger partial charge on any atom is -0.389 e. The zero-order valence-electron chi connectivity index (χ0n) is 14.5. The Labute approximate surface area is 156 Å². The number of anilines is 2. The van der Waals surface area contributed by atoms with Gasteiger partial charge < -0.3 is 15.7 Å². The van der Waals surface area contributed by atoms with Crippen molar-refractivity contribution in [2.45, 2.75) is 50.3 Å². The Morgan fingerprint density at radius 2 is 1.50 bits per heavy atom. The number of halogens is 7. The van der Waals surface area contributed by atoms with Gasteiger partial charge >= 0.3 is 0 Å². The number of hydrogen-bond donors (Lipinski definition) is 3. The zero-order chi connectivity index (χ0) is 20.8. The molecule has 0 amide bonds. The number of aliphatic hydroxyl groups excluding tert-OH is 1. The maximum atomic E-state index is 14.6. The summed E-state index contributed by atoms with van der Waals surface area (Å²) in [6.07, 6.45) is -4.55. The van der Waals surface area contributed by atoms with Crippen LogP contribution >= 0.6 is 0 Å². The van der Waals surface area contributed by atoms with Crippen molar-refractivity contribution >= 4 is 17.2 Å². The van der Waals surface area contributed by atoms with E-state index in [0.717, 1.165) is 0 Å². The van der Waals surface area contributed by atoms with E-state index in [-0.39, 0.29) is 5.82 Å². The van der Waals surface area contributed by atoms with Crippen molar-refractivity contribution in [3.63, 3.8) is 0 Å². The SMILES string of the molecule is OC1C=C(c2nc(NC(CF)C(F)F)c(F)c(NC(CF)C(F)F)n2)CCC1. The second-order valence-electron chi connectivity index (χ2n) is 6.19. The van der Waals surface area contributed by atoms with Crippen LogP contribution in [-0.2, 0) is 0 Å². The lowest BCUT2D eigenvalue weighted by Crippen LogP contribution is -2.33. The lowest BCUT2D eigenvalue weighted by molar-refractivity contribution is 0.112. The smallest absolute Gasteiger partial charge is 0.260 e. The third-order valence-corrected chi connectivity index (χ3v) is 4.06. The third-order valence-electron chi connectivity index (χ3n) is 4.06. The van der Waals surface area contributed by atoms with Crippen LogP contribution in [0.4, 0.5) is 42.4 Å². The molecule has 0 radical (unpaired) electrons. The van der Waals surface area contributed by atoms with E-state index < -0.39 is 61.8 Å². The van der Waals surface area contributed by atoms with Crippen molar-refractivity contribution in [2.75, 3.05) is 24.0 Å². The number of allylic oxidation sites excluding steroid dienone is 1. The summed E-state index contributed by atoms with van der Waals surface area (Å²) in [5.41, 5.74) is 0.326. The molecule has 3 unspecified atom stereocenters. The van der Waals surface area contributed by atoms with Gasteiger partial charge in [-0.1, -0.05) is 0 Å². The average molecular weight is 416 g/mol. The van der Waals surface area contributed by atoms with E-state index in [1.165, 1.54) is 6.08 Å². The molecule has 1 aliphatic rings. The molecule has 1 aromatic rings. The topological polar surface area (TPSA) is 70.1 Å². The summed E-state index contributed by atoms with van der Waals surface area (Å²) in [5.74, 6) is -3.35. The Morgan fingerprint density at radius 1 is 1.00 bits per heavy atom. The molecule has 28 heavy (non-hydrogen) atoms. The van der Waals surface area contributed by atoms with Gasteiger partial charge in [-0.15, -0.1) is 0 Å². The van der Waals surface area contributed by atoms with E-state index in [2.05, 4.69) is 9.97 Å². The third kappa shape index (κ3) is 5.46. The molecule has 0 spiro atoms. The van der Waals surface area contributed by atoms with Gasteiger partial charge in [0.25, 0.3) is 12.9 Å². The van der Waals surface area contributed by atoms with Crippen LogP contribution in [0.3, 0.4) is 0 Å². The van der Waals surface area contributed by atoms with Gasteiger partial charge in [0.15, 0.2) is 17.5 Å². The second-order valence-corrected chi connectivity index (χ2v) is 6.19. The molecule has 1 aliphatic carbocycles. The van der Waals surface area contributed by atoms with Crippen LogP contribution in [0.5, 0.6) is 0 Å². The molecule has 12 heteroatoms. The van der Waals surface area contributed by atoms with Crippen molar-refractivity contribution in [3.05, 3.63) is 17.7 Å². The van der Waals surface area contributed by atoms with Gasteiger partial charge in [-0.2, -0.15) is 4.39 Å². The predicted octanol–water partition coefficient (Wildman–Crippen LogP) is 3.57. The van der Waals surface area contributed by atoms with Crippen LogP contribution < -0.4 is 10.6 Å². The summed E-state index contributed by atoms with van der Waals surface area (Å²) in [4.78, 5) is 7.48. The molecule has 0 aliphatic heterocycles. The summed E-state index contributed by atoms with van der Waals surface area (Å²) < 4.78 is 91.4. The van der Waals surface area contributed by atoms with E-state index in [9.17, 15) is 35.8 Å². The molecular formula is C16H19F7N4O. The Morgan fingerprint density at radius 3 is 1.89 bits per heavy atom. The van der Waals surface area contributed by atoms with Crippen molar-refractivity contribution in [1.29, 1.82) is 0 Å². The average Bonchev–Trinajstić information content (AvgIpc) is 2.65. The summed E-state index contributed by atoms with van der Waals surface area (Å²) in [6, 6.07) is -4.19. The monoisotopic (exact) mass is 416 g/mol. The number of alkyl halides is 6. The molecule has 3 N–H and O–H groups in total. The highest BCUT2D eigenvalue weighted by Gasteiger charge is 2.28. The maximum absolute atomic E-state index is 14.6. The Balaban J connectivity index is 2.47. The van der Waals surface area contributed by atoms with Gasteiger partial charge in [0.05, 0.1) is 6.10 Å². The standard InChI is InChI=1S/C16H19F7N4O/c17-5-9(12(20)21)24-15-11(19)16(25-10(6-18)13(22)23)27-14(26-15)7-2-1-3-8(28)4-7/h4,8-10,12-13,28H,1-3,5-6H2,(H2,24,25,26,27). The van der Waals surface area contributed by atoms with E-state index >= 15 is 0 Å². The number of rotatable bonds is 9. The first-order valence-corrected chi connectivity index (χ1v) is 8.44. The lowest BCUT2D eigenvalue weighted by atomic mass is 9.97. The minimum atomic E-state index is -3.20. The van der Waals surface area contributed by atoms with Crippen molar-refractivity contribution < 1.29 is 35.8 Å². The van der Waals surface area contributed by atoms with Crippen LogP contribution in [0.1, 0.15) is 25.1 Å². The highest BCUT2D eigenvalue weighted by molar-refractivity contribution is 5.65. The molecule has 1 heterocycles. The Hall–Kier alpha value is -2.11. The van der Waals surface area contributed by atoms with Crippen molar-refractivity contribution in [3.8, 4) is 0 Å². The first-order chi connectivity index (χ1) is 13.3. The van der Waals surface area contributed by atoms with Crippen LogP contribution in [0.15, 0.2) is 6.08 Å². The van der Waals surface area contributed by atoms with Gasteiger partial charge in [0.2, 0.25) is 5.82 Å². The zero-order valence-corrected chi connectivity index (χ0v) is 14.5. The van der Waals surface area contributed by atoms with Crippen LogP contribution in [0.2, 0.25) is 0 Å². The van der Waals surface area contributed by atoms with Crippen molar-refractivity contribution in [1.82, 2.24) is 9.97 Å². The number of aromatic nitrogens is 2. The first-order valence-electron chi connectivity index (χ1n) is 8.44. The Bertz CT molecular complexity index is 650. The number of aliphatic hydroxyl groups is 1. The molecular weight excluding hydrogens is 397 g/mol. The molecule has 0 saturated carbocycles. The summed E-state index contributed by atoms with van der Waals surface area (Å²) in [6.45, 7) is -3.10. The molecule has 3 atom stereocenters. The minimum absolute atomic E-state index is 0.233. The van der Waals surface area contributed by atoms with E-state index in [1.807, 2.05) is 10.6 Å². The lowest BCUT2D eigenvalue weighted by Gasteiger charge is -2.21. The summed E-state index contributed by atoms with van der Waals surface area (Å²) in [5, 5.41) is 13.5. The summed E-state index contributed by atoms with van der Waals surface area (Å²) >= 11 is 0.